The normalized spacial score (nSPS) is 26.5. The van der Waals surface area contributed by atoms with E-state index < -0.39 is 0 Å². The third kappa shape index (κ3) is 4.87. The van der Waals surface area contributed by atoms with Crippen molar-refractivity contribution in [1.82, 2.24) is 15.1 Å². The average molecular weight is 255 g/mol. The number of nitrogens with one attached hydrogen (secondary N) is 1. The molecule has 0 aliphatic carbocycles. The van der Waals surface area contributed by atoms with E-state index in [1.54, 1.807) is 0 Å². The van der Waals surface area contributed by atoms with Crippen LogP contribution in [-0.2, 0) is 0 Å². The smallest absolute Gasteiger partial charge is 0.0373 e. The fourth-order valence-electron chi connectivity index (χ4n) is 3.28. The molecule has 1 aliphatic rings. The van der Waals surface area contributed by atoms with Crippen LogP contribution in [0.25, 0.3) is 0 Å². The molecule has 1 saturated heterocycles. The molecular formula is C15H33N3. The first kappa shape index (κ1) is 15.9. The van der Waals surface area contributed by atoms with Crippen molar-refractivity contribution < 1.29 is 0 Å². The molecule has 0 radical (unpaired) electrons. The lowest BCUT2D eigenvalue weighted by molar-refractivity contribution is 0.0821. The van der Waals surface area contributed by atoms with E-state index in [0.717, 1.165) is 11.8 Å². The highest BCUT2D eigenvalue weighted by Gasteiger charge is 2.29. The summed E-state index contributed by atoms with van der Waals surface area (Å²) in [4.78, 5) is 4.99. The maximum Gasteiger partial charge on any atom is 0.0373 e. The molecule has 0 bridgehead atoms. The summed E-state index contributed by atoms with van der Waals surface area (Å²) in [6.45, 7) is 10.6. The molecule has 1 fully saturated rings. The SMILES string of the molecule is CNC(CC(C)CC(C)C)C1CN(C)CCN1C. The summed E-state index contributed by atoms with van der Waals surface area (Å²) < 4.78 is 0. The highest BCUT2D eigenvalue weighted by Crippen LogP contribution is 2.20. The van der Waals surface area contributed by atoms with Crippen molar-refractivity contribution in [3.63, 3.8) is 0 Å². The second-order valence-electron chi connectivity index (χ2n) is 6.68. The molecule has 18 heavy (non-hydrogen) atoms. The van der Waals surface area contributed by atoms with Gasteiger partial charge in [-0.15, -0.1) is 0 Å². The number of hydrogen-bond acceptors (Lipinski definition) is 3. The molecule has 1 heterocycles. The summed E-state index contributed by atoms with van der Waals surface area (Å²) in [6.07, 6.45) is 2.63. The average Bonchev–Trinajstić information content (AvgIpc) is 2.28. The van der Waals surface area contributed by atoms with Gasteiger partial charge in [0.1, 0.15) is 0 Å². The van der Waals surface area contributed by atoms with E-state index in [1.165, 1.54) is 32.5 Å². The van der Waals surface area contributed by atoms with Crippen LogP contribution in [0, 0.1) is 11.8 Å². The summed E-state index contributed by atoms with van der Waals surface area (Å²) in [6, 6.07) is 1.27. The van der Waals surface area contributed by atoms with Crippen molar-refractivity contribution in [1.29, 1.82) is 0 Å². The van der Waals surface area contributed by atoms with Crippen molar-refractivity contribution in [2.24, 2.45) is 11.8 Å². The number of piperazine rings is 1. The summed E-state index contributed by atoms with van der Waals surface area (Å²) in [5.74, 6) is 1.62. The Kier molecular flexibility index (Phi) is 6.61. The van der Waals surface area contributed by atoms with Crippen molar-refractivity contribution in [2.75, 3.05) is 40.8 Å². The van der Waals surface area contributed by atoms with E-state index in [1.807, 2.05) is 0 Å². The maximum absolute atomic E-state index is 3.56. The number of likely N-dealkylation sites (N-methyl/N-ethyl adjacent to an activating group) is 3. The van der Waals surface area contributed by atoms with Gasteiger partial charge in [-0.05, 0) is 45.8 Å². The highest BCUT2D eigenvalue weighted by atomic mass is 15.3. The fraction of sp³-hybridized carbons (Fsp3) is 1.00. The largest absolute Gasteiger partial charge is 0.315 e. The highest BCUT2D eigenvalue weighted by molar-refractivity contribution is 4.89. The van der Waals surface area contributed by atoms with Gasteiger partial charge in [0.15, 0.2) is 0 Å². The number of rotatable bonds is 6. The third-order valence-corrected chi connectivity index (χ3v) is 4.26. The van der Waals surface area contributed by atoms with Gasteiger partial charge >= 0.3 is 0 Å². The second kappa shape index (κ2) is 7.46. The Bertz CT molecular complexity index is 230. The van der Waals surface area contributed by atoms with Crippen LogP contribution in [0.5, 0.6) is 0 Å². The molecule has 3 heteroatoms. The van der Waals surface area contributed by atoms with E-state index in [4.69, 9.17) is 0 Å². The number of hydrogen-bond donors (Lipinski definition) is 1. The Hall–Kier alpha value is -0.120. The summed E-state index contributed by atoms with van der Waals surface area (Å²) in [5, 5.41) is 3.56. The van der Waals surface area contributed by atoms with E-state index in [9.17, 15) is 0 Å². The van der Waals surface area contributed by atoms with E-state index in [2.05, 4.69) is 57.0 Å². The van der Waals surface area contributed by atoms with Gasteiger partial charge in [-0.3, -0.25) is 4.90 Å². The Morgan fingerprint density at radius 2 is 1.78 bits per heavy atom. The predicted octanol–water partition coefficient (Wildman–Crippen LogP) is 1.89. The predicted molar refractivity (Wildman–Crippen MR) is 80.0 cm³/mol. The summed E-state index contributed by atoms with van der Waals surface area (Å²) >= 11 is 0. The summed E-state index contributed by atoms with van der Waals surface area (Å²) in [7, 11) is 6.63. The van der Waals surface area contributed by atoms with Gasteiger partial charge in [0, 0.05) is 31.7 Å². The van der Waals surface area contributed by atoms with Gasteiger partial charge in [-0.1, -0.05) is 20.8 Å². The van der Waals surface area contributed by atoms with Gasteiger partial charge in [0.2, 0.25) is 0 Å². The zero-order valence-electron chi connectivity index (χ0n) is 13.2. The second-order valence-corrected chi connectivity index (χ2v) is 6.68. The van der Waals surface area contributed by atoms with Crippen molar-refractivity contribution in [3.8, 4) is 0 Å². The molecule has 0 aromatic rings. The number of nitrogens with zero attached hydrogens (tertiary/aromatic N) is 2. The standard InChI is InChI=1S/C15H33N3/c1-12(2)9-13(3)10-14(16-4)15-11-17(5)7-8-18(15)6/h12-16H,7-11H2,1-6H3. The van der Waals surface area contributed by atoms with Crippen LogP contribution < -0.4 is 5.32 Å². The maximum atomic E-state index is 3.56. The van der Waals surface area contributed by atoms with Crippen LogP contribution >= 0.6 is 0 Å². The van der Waals surface area contributed by atoms with Gasteiger partial charge in [0.25, 0.3) is 0 Å². The minimum atomic E-state index is 0.617. The minimum absolute atomic E-state index is 0.617. The molecule has 1 rings (SSSR count). The van der Waals surface area contributed by atoms with Crippen LogP contribution in [0.3, 0.4) is 0 Å². The van der Waals surface area contributed by atoms with Crippen molar-refractivity contribution >= 4 is 0 Å². The molecule has 0 saturated carbocycles. The first-order chi connectivity index (χ1) is 8.43. The lowest BCUT2D eigenvalue weighted by Gasteiger charge is -2.42. The Labute approximate surface area is 114 Å². The lowest BCUT2D eigenvalue weighted by Crippen LogP contribution is -2.58. The molecule has 3 nitrogen and oxygen atoms in total. The molecule has 1 aliphatic heterocycles. The summed E-state index contributed by atoms with van der Waals surface area (Å²) in [5.41, 5.74) is 0. The molecule has 108 valence electrons. The molecule has 0 aromatic carbocycles. The molecule has 3 unspecified atom stereocenters. The Balaban J connectivity index is 2.53. The van der Waals surface area contributed by atoms with Crippen LogP contribution in [0.4, 0.5) is 0 Å². The minimum Gasteiger partial charge on any atom is -0.315 e. The van der Waals surface area contributed by atoms with Crippen LogP contribution in [0.1, 0.15) is 33.6 Å². The van der Waals surface area contributed by atoms with E-state index in [0.29, 0.717) is 12.1 Å². The van der Waals surface area contributed by atoms with E-state index >= 15 is 0 Å². The molecule has 0 spiro atoms. The van der Waals surface area contributed by atoms with E-state index in [-0.39, 0.29) is 0 Å². The molecule has 0 amide bonds. The molecular weight excluding hydrogens is 222 g/mol. The van der Waals surface area contributed by atoms with Crippen LogP contribution in [0.2, 0.25) is 0 Å². The topological polar surface area (TPSA) is 18.5 Å². The molecule has 1 N–H and O–H groups in total. The first-order valence-corrected chi connectivity index (χ1v) is 7.50. The quantitative estimate of drug-likeness (QED) is 0.782. The van der Waals surface area contributed by atoms with Crippen molar-refractivity contribution in [2.45, 2.75) is 45.7 Å². The Morgan fingerprint density at radius 3 is 2.33 bits per heavy atom. The molecule has 3 atom stereocenters. The monoisotopic (exact) mass is 255 g/mol. The van der Waals surface area contributed by atoms with Crippen LogP contribution in [0.15, 0.2) is 0 Å². The zero-order chi connectivity index (χ0) is 13.7. The van der Waals surface area contributed by atoms with Crippen LogP contribution in [-0.4, -0.2) is 62.7 Å². The first-order valence-electron chi connectivity index (χ1n) is 7.50. The van der Waals surface area contributed by atoms with Gasteiger partial charge in [-0.2, -0.15) is 0 Å². The lowest BCUT2D eigenvalue weighted by atomic mass is 9.89. The molecule has 0 aromatic heterocycles. The van der Waals surface area contributed by atoms with Gasteiger partial charge in [0.05, 0.1) is 0 Å². The van der Waals surface area contributed by atoms with Gasteiger partial charge < -0.3 is 10.2 Å². The third-order valence-electron chi connectivity index (χ3n) is 4.26. The van der Waals surface area contributed by atoms with Gasteiger partial charge in [-0.25, -0.2) is 0 Å². The van der Waals surface area contributed by atoms with Crippen molar-refractivity contribution in [3.05, 3.63) is 0 Å². The fourth-order valence-corrected chi connectivity index (χ4v) is 3.28. The zero-order valence-corrected chi connectivity index (χ0v) is 13.2. The Morgan fingerprint density at radius 1 is 1.11 bits per heavy atom.